The summed E-state index contributed by atoms with van der Waals surface area (Å²) in [4.78, 5) is 0. The Labute approximate surface area is 140 Å². The van der Waals surface area contributed by atoms with Crippen molar-refractivity contribution in [3.05, 3.63) is 28.2 Å². The fourth-order valence-electron chi connectivity index (χ4n) is 2.56. The molecule has 6 heteroatoms. The highest BCUT2D eigenvalue weighted by Crippen LogP contribution is 2.29. The zero-order valence-electron chi connectivity index (χ0n) is 12.0. The standard InChI is InChI=1S/C15H21Cl2NO2S/c1-21-15-4-2-3-13(15)18-8-11(19)9-20-14-7-10(16)5-6-12(14)17/h5-7,11,13,15,18-19H,2-4,8-9H2,1H3. The summed E-state index contributed by atoms with van der Waals surface area (Å²) in [7, 11) is 0. The molecule has 0 heterocycles. The molecule has 0 aromatic heterocycles. The molecule has 0 aliphatic heterocycles. The van der Waals surface area contributed by atoms with Crippen molar-refractivity contribution in [3.63, 3.8) is 0 Å². The molecule has 21 heavy (non-hydrogen) atoms. The molecular formula is C15H21Cl2NO2S. The summed E-state index contributed by atoms with van der Waals surface area (Å²) in [6.45, 7) is 0.726. The van der Waals surface area contributed by atoms with E-state index in [9.17, 15) is 5.11 Å². The second kappa shape index (κ2) is 8.49. The average molecular weight is 350 g/mol. The molecule has 0 amide bonds. The van der Waals surface area contributed by atoms with E-state index in [-0.39, 0.29) is 6.61 Å². The number of aliphatic hydroxyl groups excluding tert-OH is 1. The molecule has 2 N–H and O–H groups in total. The van der Waals surface area contributed by atoms with Gasteiger partial charge in [-0.3, -0.25) is 0 Å². The van der Waals surface area contributed by atoms with Crippen LogP contribution in [0.1, 0.15) is 19.3 Å². The zero-order chi connectivity index (χ0) is 15.2. The topological polar surface area (TPSA) is 41.5 Å². The molecule has 0 radical (unpaired) electrons. The van der Waals surface area contributed by atoms with Crippen LogP contribution in [0.5, 0.6) is 5.75 Å². The Bertz CT molecular complexity index is 461. The first-order valence-corrected chi connectivity index (χ1v) is 9.16. The number of nitrogens with one attached hydrogen (secondary N) is 1. The summed E-state index contributed by atoms with van der Waals surface area (Å²) in [6, 6.07) is 5.54. The second-order valence-electron chi connectivity index (χ2n) is 5.26. The van der Waals surface area contributed by atoms with Gasteiger partial charge in [-0.2, -0.15) is 11.8 Å². The minimum Gasteiger partial charge on any atom is -0.489 e. The van der Waals surface area contributed by atoms with Gasteiger partial charge in [-0.25, -0.2) is 0 Å². The van der Waals surface area contributed by atoms with Crippen molar-refractivity contribution in [3.8, 4) is 5.75 Å². The summed E-state index contributed by atoms with van der Waals surface area (Å²) in [5.41, 5.74) is 0. The molecule has 0 saturated heterocycles. The van der Waals surface area contributed by atoms with Crippen LogP contribution < -0.4 is 10.1 Å². The molecule has 0 spiro atoms. The van der Waals surface area contributed by atoms with Gasteiger partial charge < -0.3 is 15.2 Å². The fraction of sp³-hybridized carbons (Fsp3) is 0.600. The first-order valence-electron chi connectivity index (χ1n) is 7.12. The van der Waals surface area contributed by atoms with Gasteiger partial charge in [0.15, 0.2) is 0 Å². The van der Waals surface area contributed by atoms with Crippen LogP contribution in [0.4, 0.5) is 0 Å². The molecule has 0 bridgehead atoms. The highest BCUT2D eigenvalue weighted by atomic mass is 35.5. The summed E-state index contributed by atoms with van der Waals surface area (Å²) in [5, 5.41) is 15.2. The highest BCUT2D eigenvalue weighted by molar-refractivity contribution is 7.99. The number of thioether (sulfide) groups is 1. The Balaban J connectivity index is 1.74. The Kier molecular flexibility index (Phi) is 6.96. The lowest BCUT2D eigenvalue weighted by atomic mass is 10.2. The summed E-state index contributed by atoms with van der Waals surface area (Å²) >= 11 is 13.8. The van der Waals surface area contributed by atoms with Crippen LogP contribution in [-0.2, 0) is 0 Å². The van der Waals surface area contributed by atoms with Crippen molar-refractivity contribution in [1.29, 1.82) is 0 Å². The molecule has 2 rings (SSSR count). The third-order valence-corrected chi connectivity index (χ3v) is 5.41. The predicted molar refractivity (Wildman–Crippen MR) is 90.9 cm³/mol. The van der Waals surface area contributed by atoms with Crippen molar-refractivity contribution in [2.75, 3.05) is 19.4 Å². The normalized spacial score (nSPS) is 23.2. The summed E-state index contributed by atoms with van der Waals surface area (Å²) in [6.07, 6.45) is 5.27. The molecule has 1 aliphatic rings. The number of rotatable bonds is 7. The quantitative estimate of drug-likeness (QED) is 0.788. The molecular weight excluding hydrogens is 329 g/mol. The van der Waals surface area contributed by atoms with E-state index < -0.39 is 6.10 Å². The predicted octanol–water partition coefficient (Wildman–Crippen LogP) is 3.61. The first-order chi connectivity index (χ1) is 10.1. The Hall–Kier alpha value is -0.130. The van der Waals surface area contributed by atoms with Gasteiger partial charge in [-0.05, 0) is 31.2 Å². The molecule has 1 aliphatic carbocycles. The molecule has 1 saturated carbocycles. The summed E-state index contributed by atoms with van der Waals surface area (Å²) in [5.74, 6) is 0.506. The molecule has 118 valence electrons. The van der Waals surface area contributed by atoms with Gasteiger partial charge in [-0.1, -0.05) is 29.6 Å². The fourth-order valence-corrected chi connectivity index (χ4v) is 3.86. The van der Waals surface area contributed by atoms with Gasteiger partial charge in [0.05, 0.1) is 5.02 Å². The van der Waals surface area contributed by atoms with Crippen molar-refractivity contribution < 1.29 is 9.84 Å². The van der Waals surface area contributed by atoms with E-state index >= 15 is 0 Å². The van der Waals surface area contributed by atoms with Crippen LogP contribution in [0.25, 0.3) is 0 Å². The van der Waals surface area contributed by atoms with Gasteiger partial charge in [0.25, 0.3) is 0 Å². The van der Waals surface area contributed by atoms with Gasteiger partial charge in [-0.15, -0.1) is 0 Å². The van der Waals surface area contributed by atoms with E-state index in [4.69, 9.17) is 27.9 Å². The second-order valence-corrected chi connectivity index (χ2v) is 7.18. The van der Waals surface area contributed by atoms with Gasteiger partial charge in [0, 0.05) is 28.9 Å². The Morgan fingerprint density at radius 1 is 1.43 bits per heavy atom. The lowest BCUT2D eigenvalue weighted by Gasteiger charge is -2.21. The summed E-state index contributed by atoms with van der Waals surface area (Å²) < 4.78 is 5.54. The smallest absolute Gasteiger partial charge is 0.139 e. The van der Waals surface area contributed by atoms with Crippen molar-refractivity contribution in [1.82, 2.24) is 5.32 Å². The third-order valence-electron chi connectivity index (χ3n) is 3.70. The number of hydrogen-bond acceptors (Lipinski definition) is 4. The average Bonchev–Trinajstić information content (AvgIpc) is 2.93. The van der Waals surface area contributed by atoms with E-state index in [0.717, 1.165) is 0 Å². The maximum atomic E-state index is 10.0. The number of halogens is 2. The lowest BCUT2D eigenvalue weighted by Crippen LogP contribution is -2.40. The lowest BCUT2D eigenvalue weighted by molar-refractivity contribution is 0.104. The van der Waals surface area contributed by atoms with E-state index in [1.807, 2.05) is 11.8 Å². The van der Waals surface area contributed by atoms with E-state index in [1.165, 1.54) is 19.3 Å². The van der Waals surface area contributed by atoms with Gasteiger partial charge >= 0.3 is 0 Å². The van der Waals surface area contributed by atoms with Crippen molar-refractivity contribution in [2.24, 2.45) is 0 Å². The molecule has 1 aromatic rings. The number of benzene rings is 1. The Morgan fingerprint density at radius 3 is 3.00 bits per heavy atom. The number of hydrogen-bond donors (Lipinski definition) is 2. The minimum atomic E-state index is -0.567. The Morgan fingerprint density at radius 2 is 2.24 bits per heavy atom. The van der Waals surface area contributed by atoms with Crippen LogP contribution in [0.3, 0.4) is 0 Å². The van der Waals surface area contributed by atoms with Crippen molar-refractivity contribution in [2.45, 2.75) is 36.7 Å². The van der Waals surface area contributed by atoms with Crippen LogP contribution in [-0.4, -0.2) is 41.9 Å². The number of aliphatic hydroxyl groups is 1. The largest absolute Gasteiger partial charge is 0.489 e. The zero-order valence-corrected chi connectivity index (χ0v) is 14.3. The van der Waals surface area contributed by atoms with E-state index in [0.29, 0.717) is 33.6 Å². The van der Waals surface area contributed by atoms with E-state index in [2.05, 4.69) is 11.6 Å². The third kappa shape index (κ3) is 5.22. The van der Waals surface area contributed by atoms with Crippen molar-refractivity contribution >= 4 is 35.0 Å². The molecule has 3 atom stereocenters. The van der Waals surface area contributed by atoms with Crippen LogP contribution in [0.2, 0.25) is 10.0 Å². The molecule has 1 fully saturated rings. The maximum Gasteiger partial charge on any atom is 0.139 e. The molecule has 3 nitrogen and oxygen atoms in total. The first kappa shape index (κ1) is 17.2. The minimum absolute atomic E-state index is 0.198. The van der Waals surface area contributed by atoms with Crippen LogP contribution >= 0.6 is 35.0 Å². The molecule has 1 aromatic carbocycles. The van der Waals surface area contributed by atoms with Gasteiger partial charge in [0.2, 0.25) is 0 Å². The maximum absolute atomic E-state index is 10.0. The molecule has 3 unspecified atom stereocenters. The SMILES string of the molecule is CSC1CCCC1NCC(O)COc1cc(Cl)ccc1Cl. The monoisotopic (exact) mass is 349 g/mol. The number of ether oxygens (including phenoxy) is 1. The van der Waals surface area contributed by atoms with Crippen LogP contribution in [0.15, 0.2) is 18.2 Å². The van der Waals surface area contributed by atoms with Crippen LogP contribution in [0, 0.1) is 0 Å². The van der Waals surface area contributed by atoms with E-state index in [1.54, 1.807) is 18.2 Å². The van der Waals surface area contributed by atoms with Gasteiger partial charge in [0.1, 0.15) is 18.5 Å². The highest BCUT2D eigenvalue weighted by Gasteiger charge is 2.26.